The van der Waals surface area contributed by atoms with Gasteiger partial charge in [-0.05, 0) is 43.0 Å². The monoisotopic (exact) mass is 516 g/mol. The van der Waals surface area contributed by atoms with Gasteiger partial charge in [-0.2, -0.15) is 0 Å². The lowest BCUT2D eigenvalue weighted by Crippen LogP contribution is -2.39. The molecule has 0 radical (unpaired) electrons. The third-order valence-electron chi connectivity index (χ3n) is 5.77. The molecule has 0 saturated carbocycles. The van der Waals surface area contributed by atoms with E-state index >= 15 is 0 Å². The zero-order valence-corrected chi connectivity index (χ0v) is 21.5. The molecule has 3 heterocycles. The van der Waals surface area contributed by atoms with Gasteiger partial charge in [0.05, 0.1) is 22.4 Å². The lowest BCUT2D eigenvalue weighted by Gasteiger charge is -2.23. The van der Waals surface area contributed by atoms with Crippen LogP contribution in [-0.2, 0) is 16.1 Å². The number of hydrogen-bond acceptors (Lipinski definition) is 7. The summed E-state index contributed by atoms with van der Waals surface area (Å²) >= 11 is 2.80. The first kappa shape index (κ1) is 24.0. The molecule has 0 N–H and O–H groups in total. The van der Waals surface area contributed by atoms with Crippen molar-refractivity contribution in [3.8, 4) is 5.75 Å². The largest absolute Gasteiger partial charge is 0.493 e. The SMILES string of the molecule is CCOc1ccccc1/C=c1\sc2n(c1=O)C(c1cccs1)C(C(=O)OCc1ccccc1)=C(C)N=2. The lowest BCUT2D eigenvalue weighted by atomic mass is 10.0. The number of thiazole rings is 1. The number of carbonyl (C=O) groups is 1. The number of esters is 1. The van der Waals surface area contributed by atoms with Crippen molar-refractivity contribution in [1.29, 1.82) is 0 Å². The minimum Gasteiger partial charge on any atom is -0.493 e. The summed E-state index contributed by atoms with van der Waals surface area (Å²) in [5.74, 6) is 0.233. The Kier molecular flexibility index (Phi) is 6.97. The number of benzene rings is 2. The number of fused-ring (bicyclic) bond motifs is 1. The molecule has 8 heteroatoms. The Hall–Kier alpha value is -3.75. The number of hydrogen-bond donors (Lipinski definition) is 0. The van der Waals surface area contributed by atoms with Gasteiger partial charge in [0.2, 0.25) is 0 Å². The second-order valence-corrected chi connectivity index (χ2v) is 10.1. The van der Waals surface area contributed by atoms with Gasteiger partial charge in [0.25, 0.3) is 5.56 Å². The second kappa shape index (κ2) is 10.5. The summed E-state index contributed by atoms with van der Waals surface area (Å²) in [6.07, 6.45) is 1.83. The molecule has 36 heavy (non-hydrogen) atoms. The van der Waals surface area contributed by atoms with Crippen molar-refractivity contribution in [2.45, 2.75) is 26.5 Å². The maximum Gasteiger partial charge on any atom is 0.338 e. The first-order valence-electron chi connectivity index (χ1n) is 11.6. The molecule has 1 aliphatic rings. The van der Waals surface area contributed by atoms with E-state index in [1.807, 2.05) is 85.1 Å². The predicted molar refractivity (Wildman–Crippen MR) is 142 cm³/mol. The smallest absolute Gasteiger partial charge is 0.338 e. The summed E-state index contributed by atoms with van der Waals surface area (Å²) in [5.41, 5.74) is 2.43. The van der Waals surface area contributed by atoms with E-state index in [4.69, 9.17) is 9.47 Å². The normalized spacial score (nSPS) is 15.4. The minimum absolute atomic E-state index is 0.145. The Morgan fingerprint density at radius 3 is 2.61 bits per heavy atom. The highest BCUT2D eigenvalue weighted by atomic mass is 32.1. The number of para-hydroxylation sites is 1. The van der Waals surface area contributed by atoms with Crippen molar-refractivity contribution in [3.63, 3.8) is 0 Å². The molecule has 1 atom stereocenters. The molecule has 4 aromatic rings. The molecule has 0 spiro atoms. The van der Waals surface area contributed by atoms with E-state index in [1.165, 1.54) is 22.7 Å². The van der Waals surface area contributed by atoms with E-state index < -0.39 is 12.0 Å². The van der Waals surface area contributed by atoms with Crippen molar-refractivity contribution < 1.29 is 14.3 Å². The van der Waals surface area contributed by atoms with Gasteiger partial charge < -0.3 is 9.47 Å². The average Bonchev–Trinajstić information content (AvgIpc) is 3.52. The standard InChI is InChI=1S/C28H24N2O4S2/c1-3-33-21-13-8-7-12-20(21)16-23-26(31)30-25(22-14-9-15-35-22)24(18(2)29-28(30)36-23)27(32)34-17-19-10-5-4-6-11-19/h4-16,25H,3,17H2,1-2H3/b23-16-. The first-order chi connectivity index (χ1) is 17.6. The number of ether oxygens (including phenoxy) is 2. The molecule has 6 nitrogen and oxygen atoms in total. The van der Waals surface area contributed by atoms with Crippen molar-refractivity contribution in [2.75, 3.05) is 6.61 Å². The van der Waals surface area contributed by atoms with Gasteiger partial charge in [-0.1, -0.05) is 65.9 Å². The fourth-order valence-corrected chi connectivity index (χ4v) is 5.99. The van der Waals surface area contributed by atoms with Crippen LogP contribution in [0.5, 0.6) is 5.75 Å². The van der Waals surface area contributed by atoms with Gasteiger partial charge in [-0.25, -0.2) is 9.79 Å². The highest BCUT2D eigenvalue weighted by Crippen LogP contribution is 2.33. The average molecular weight is 517 g/mol. The summed E-state index contributed by atoms with van der Waals surface area (Å²) in [5, 5.41) is 1.94. The Labute approximate surface area is 216 Å². The summed E-state index contributed by atoms with van der Waals surface area (Å²) in [6, 6.07) is 20.4. The molecule has 1 unspecified atom stereocenters. The summed E-state index contributed by atoms with van der Waals surface area (Å²) in [6.45, 7) is 4.39. The van der Waals surface area contributed by atoms with Crippen LogP contribution >= 0.6 is 22.7 Å². The molecule has 1 aliphatic heterocycles. The molecular weight excluding hydrogens is 492 g/mol. The van der Waals surface area contributed by atoms with Gasteiger partial charge in [0.15, 0.2) is 4.80 Å². The Balaban J connectivity index is 1.59. The molecule has 0 saturated heterocycles. The third-order valence-corrected chi connectivity index (χ3v) is 7.68. The van der Waals surface area contributed by atoms with E-state index in [2.05, 4.69) is 4.99 Å². The van der Waals surface area contributed by atoms with Crippen molar-refractivity contribution >= 4 is 34.7 Å². The highest BCUT2D eigenvalue weighted by molar-refractivity contribution is 7.10. The van der Waals surface area contributed by atoms with Crippen LogP contribution in [0.25, 0.3) is 6.08 Å². The molecular formula is C28H24N2O4S2. The Bertz CT molecular complexity index is 1600. The lowest BCUT2D eigenvalue weighted by molar-refractivity contribution is -0.140. The van der Waals surface area contributed by atoms with Gasteiger partial charge >= 0.3 is 5.97 Å². The topological polar surface area (TPSA) is 69.9 Å². The van der Waals surface area contributed by atoms with E-state index in [0.717, 1.165) is 16.0 Å². The minimum atomic E-state index is -0.603. The quantitative estimate of drug-likeness (QED) is 0.341. The van der Waals surface area contributed by atoms with Crippen LogP contribution in [0.3, 0.4) is 0 Å². The summed E-state index contributed by atoms with van der Waals surface area (Å²) < 4.78 is 13.5. The predicted octanol–water partition coefficient (Wildman–Crippen LogP) is 4.44. The van der Waals surface area contributed by atoms with Crippen LogP contribution in [0.4, 0.5) is 0 Å². The number of thiophene rings is 1. The van der Waals surface area contributed by atoms with E-state index in [-0.39, 0.29) is 12.2 Å². The number of nitrogens with zero attached hydrogens (tertiary/aromatic N) is 2. The van der Waals surface area contributed by atoms with Crippen LogP contribution in [0, 0.1) is 0 Å². The molecule has 2 aromatic heterocycles. The van der Waals surface area contributed by atoms with Crippen molar-refractivity contribution in [2.24, 2.45) is 4.99 Å². The van der Waals surface area contributed by atoms with Crippen LogP contribution in [0.1, 0.15) is 35.9 Å². The molecule has 0 aliphatic carbocycles. The number of rotatable bonds is 7. The van der Waals surface area contributed by atoms with Gasteiger partial charge in [-0.15, -0.1) is 11.3 Å². The van der Waals surface area contributed by atoms with E-state index in [9.17, 15) is 9.59 Å². The van der Waals surface area contributed by atoms with Crippen LogP contribution in [0.15, 0.2) is 93.2 Å². The van der Waals surface area contributed by atoms with Crippen LogP contribution < -0.4 is 19.6 Å². The number of aromatic nitrogens is 1. The Morgan fingerprint density at radius 2 is 1.86 bits per heavy atom. The molecule has 2 aromatic carbocycles. The molecule has 0 amide bonds. The van der Waals surface area contributed by atoms with Crippen molar-refractivity contribution in [1.82, 2.24) is 4.57 Å². The van der Waals surface area contributed by atoms with Gasteiger partial charge in [0.1, 0.15) is 18.4 Å². The third kappa shape index (κ3) is 4.69. The highest BCUT2D eigenvalue weighted by Gasteiger charge is 2.34. The van der Waals surface area contributed by atoms with Gasteiger partial charge in [-0.3, -0.25) is 9.36 Å². The summed E-state index contributed by atoms with van der Waals surface area (Å²) in [4.78, 5) is 33.2. The first-order valence-corrected chi connectivity index (χ1v) is 13.2. The Morgan fingerprint density at radius 1 is 1.08 bits per heavy atom. The van der Waals surface area contributed by atoms with E-state index in [1.54, 1.807) is 11.5 Å². The number of carbonyl (C=O) groups excluding carboxylic acids is 1. The van der Waals surface area contributed by atoms with Crippen molar-refractivity contribution in [3.05, 3.63) is 119 Å². The molecule has 182 valence electrons. The summed E-state index contributed by atoms with van der Waals surface area (Å²) in [7, 11) is 0. The maximum atomic E-state index is 13.7. The zero-order valence-electron chi connectivity index (χ0n) is 19.8. The number of allylic oxidation sites excluding steroid dienone is 1. The molecule has 0 fully saturated rings. The fraction of sp³-hybridized carbons (Fsp3) is 0.179. The molecule has 0 bridgehead atoms. The van der Waals surface area contributed by atoms with Crippen LogP contribution in [-0.4, -0.2) is 17.1 Å². The maximum absolute atomic E-state index is 13.7. The second-order valence-electron chi connectivity index (χ2n) is 8.13. The fourth-order valence-electron chi connectivity index (χ4n) is 4.13. The van der Waals surface area contributed by atoms with E-state index in [0.29, 0.717) is 33.0 Å². The zero-order chi connectivity index (χ0) is 25.1. The van der Waals surface area contributed by atoms with Gasteiger partial charge in [0, 0.05) is 10.4 Å². The molecule has 5 rings (SSSR count). The van der Waals surface area contributed by atoms with Crippen LogP contribution in [0.2, 0.25) is 0 Å².